The maximum atomic E-state index is 11.5. The number of rotatable bonds is 7. The Bertz CT molecular complexity index is 1280. The van der Waals surface area contributed by atoms with Gasteiger partial charge in [-0.2, -0.15) is 0 Å². The molecule has 0 amide bonds. The van der Waals surface area contributed by atoms with Gasteiger partial charge in [-0.15, -0.1) is 11.3 Å². The summed E-state index contributed by atoms with van der Waals surface area (Å²) >= 11 is 3.13. The maximum Gasteiger partial charge on any atom is 0.189 e. The van der Waals surface area contributed by atoms with Gasteiger partial charge in [0.25, 0.3) is 0 Å². The van der Waals surface area contributed by atoms with E-state index in [-0.39, 0.29) is 24.2 Å². The Morgan fingerprint density at radius 1 is 1.14 bits per heavy atom. The number of pyridine rings is 1. The van der Waals surface area contributed by atoms with Crippen LogP contribution in [0.25, 0.3) is 20.8 Å². The van der Waals surface area contributed by atoms with Crippen molar-refractivity contribution in [2.45, 2.75) is 95.6 Å². The summed E-state index contributed by atoms with van der Waals surface area (Å²) in [4.78, 5) is 19.0. The van der Waals surface area contributed by atoms with E-state index in [2.05, 4.69) is 10.3 Å². The molecule has 1 aliphatic carbocycles. The summed E-state index contributed by atoms with van der Waals surface area (Å²) < 4.78 is 13.9. The maximum absolute atomic E-state index is 11.5. The van der Waals surface area contributed by atoms with E-state index in [9.17, 15) is 5.11 Å². The van der Waals surface area contributed by atoms with Gasteiger partial charge in [0.1, 0.15) is 22.4 Å². The van der Waals surface area contributed by atoms with Crippen LogP contribution in [-0.2, 0) is 9.47 Å². The van der Waals surface area contributed by atoms with Crippen LogP contribution in [0.15, 0.2) is 17.4 Å². The number of ether oxygens (including phenoxy) is 2. The quantitative estimate of drug-likeness (QED) is 0.309. The minimum absolute atomic E-state index is 0.0423. The van der Waals surface area contributed by atoms with Crippen molar-refractivity contribution in [2.24, 2.45) is 5.92 Å². The molecule has 3 aromatic rings. The van der Waals surface area contributed by atoms with Gasteiger partial charge in [0.05, 0.1) is 39.4 Å². The first-order valence-electron chi connectivity index (χ1n) is 12.6. The average molecular weight is 530 g/mol. The van der Waals surface area contributed by atoms with Crippen LogP contribution in [0.5, 0.6) is 0 Å². The average Bonchev–Trinajstić information content (AvgIpc) is 3.50. The molecular formula is C26H35N5O3S2. The van der Waals surface area contributed by atoms with Crippen LogP contribution in [0.3, 0.4) is 0 Å². The van der Waals surface area contributed by atoms with Crippen molar-refractivity contribution < 1.29 is 14.6 Å². The minimum Gasteiger partial charge on any atom is -0.390 e. The van der Waals surface area contributed by atoms with Crippen molar-refractivity contribution in [1.82, 2.24) is 19.9 Å². The zero-order valence-electron chi connectivity index (χ0n) is 22.0. The largest absolute Gasteiger partial charge is 0.390 e. The molecule has 5 rings (SSSR count). The Morgan fingerprint density at radius 3 is 2.53 bits per heavy atom. The molecule has 0 spiro atoms. The lowest BCUT2D eigenvalue weighted by atomic mass is 9.80. The van der Waals surface area contributed by atoms with E-state index in [1.807, 2.05) is 60.1 Å². The number of aromatic nitrogens is 4. The molecule has 2 N–H and O–H groups in total. The second-order valence-electron chi connectivity index (χ2n) is 10.2. The zero-order valence-corrected chi connectivity index (χ0v) is 23.6. The van der Waals surface area contributed by atoms with E-state index in [1.165, 1.54) is 11.8 Å². The van der Waals surface area contributed by atoms with Crippen LogP contribution in [0.2, 0.25) is 0 Å². The number of hydrogen-bond donors (Lipinski definition) is 2. The first-order valence-corrected chi connectivity index (χ1v) is 14.6. The summed E-state index contributed by atoms with van der Waals surface area (Å²) in [6.45, 7) is 12.0. The van der Waals surface area contributed by atoms with Gasteiger partial charge < -0.3 is 19.9 Å². The number of anilines is 1. The minimum atomic E-state index is -0.810. The highest BCUT2D eigenvalue weighted by Crippen LogP contribution is 2.49. The Balaban J connectivity index is 1.57. The van der Waals surface area contributed by atoms with E-state index in [0.29, 0.717) is 18.0 Å². The van der Waals surface area contributed by atoms with Gasteiger partial charge in [-0.3, -0.25) is 4.98 Å². The summed E-state index contributed by atoms with van der Waals surface area (Å²) in [6.07, 6.45) is 5.47. The lowest BCUT2D eigenvalue weighted by Crippen LogP contribution is -2.43. The third-order valence-corrected chi connectivity index (χ3v) is 9.24. The second kappa shape index (κ2) is 9.47. The fourth-order valence-electron chi connectivity index (χ4n) is 5.69. The molecule has 0 bridgehead atoms. The summed E-state index contributed by atoms with van der Waals surface area (Å²) in [5.74, 6) is -0.00644. The van der Waals surface area contributed by atoms with E-state index < -0.39 is 11.4 Å². The molecule has 3 aromatic heterocycles. The van der Waals surface area contributed by atoms with Crippen LogP contribution in [0, 0.1) is 19.8 Å². The Morgan fingerprint density at radius 2 is 1.86 bits per heavy atom. The fraction of sp³-hybridized carbons (Fsp3) is 0.615. The lowest BCUT2D eigenvalue weighted by Gasteiger charge is -2.35. The normalized spacial score (nSPS) is 25.4. The first-order chi connectivity index (χ1) is 17.1. The predicted molar refractivity (Wildman–Crippen MR) is 145 cm³/mol. The molecule has 2 fully saturated rings. The number of nitrogens with zero attached hydrogens (tertiary/aromatic N) is 4. The lowest BCUT2D eigenvalue weighted by molar-refractivity contribution is -0.170. The topological polar surface area (TPSA) is 102 Å². The summed E-state index contributed by atoms with van der Waals surface area (Å²) in [5.41, 5.74) is 2.77. The van der Waals surface area contributed by atoms with Crippen LogP contribution < -0.4 is 5.32 Å². The number of fused-ring (bicyclic) bond motifs is 2. The zero-order chi connectivity index (χ0) is 25.8. The highest BCUT2D eigenvalue weighted by Gasteiger charge is 2.58. The van der Waals surface area contributed by atoms with Crippen molar-refractivity contribution >= 4 is 39.1 Å². The van der Waals surface area contributed by atoms with E-state index in [4.69, 9.17) is 24.4 Å². The molecule has 194 valence electrons. The van der Waals surface area contributed by atoms with Crippen LogP contribution in [-0.4, -0.2) is 60.9 Å². The van der Waals surface area contributed by atoms with E-state index in [0.717, 1.165) is 44.4 Å². The smallest absolute Gasteiger partial charge is 0.189 e. The Kier molecular flexibility index (Phi) is 6.78. The highest BCUT2D eigenvalue weighted by atomic mass is 32.2. The SMILES string of the molecule is CCC(O)(CC)[C@H]1C[C@@H](Nc2nc(SC)nc(C)c2-c2nc3c(C)nccc3s2)[C@@H]2OC(C)(C)O[C@@H]21. The molecule has 1 saturated carbocycles. The molecule has 2 aliphatic rings. The number of nitrogens with one attached hydrogen (secondary N) is 1. The summed E-state index contributed by atoms with van der Waals surface area (Å²) in [7, 11) is 0. The summed E-state index contributed by atoms with van der Waals surface area (Å²) in [6, 6.07) is 1.92. The molecular weight excluding hydrogens is 494 g/mol. The molecule has 0 unspecified atom stereocenters. The highest BCUT2D eigenvalue weighted by molar-refractivity contribution is 7.98. The standard InChI is InChI=1S/C26H35N5O3S2/c1-8-26(32,9-2)15-12-16(21-20(15)33-25(5,6)34-21)29-22-18(13(3)28-24(31-22)35-7)23-30-19-14(4)27-11-10-17(19)36-23/h10-11,15-16,20-21,32H,8-9,12H2,1-7H3,(H,28,29,31)/t15-,16+,20+,21-/m0/s1. The third-order valence-electron chi connectivity index (χ3n) is 7.66. The first kappa shape index (κ1) is 25.8. The number of thiazole rings is 1. The molecule has 1 aliphatic heterocycles. The fourth-order valence-corrected chi connectivity index (χ4v) is 7.21. The second-order valence-corrected chi connectivity index (χ2v) is 12.1. The molecule has 0 radical (unpaired) electrons. The summed E-state index contributed by atoms with van der Waals surface area (Å²) in [5, 5.41) is 16.8. The van der Waals surface area contributed by atoms with Crippen LogP contribution in [0.4, 0.5) is 5.82 Å². The van der Waals surface area contributed by atoms with Crippen LogP contribution >= 0.6 is 23.1 Å². The molecule has 36 heavy (non-hydrogen) atoms. The van der Waals surface area contributed by atoms with Gasteiger partial charge in [0.15, 0.2) is 10.9 Å². The van der Waals surface area contributed by atoms with E-state index >= 15 is 0 Å². The molecule has 4 heterocycles. The van der Waals surface area contributed by atoms with E-state index in [1.54, 1.807) is 11.3 Å². The van der Waals surface area contributed by atoms with Crippen molar-refractivity contribution in [3.05, 3.63) is 23.7 Å². The molecule has 0 aromatic carbocycles. The number of aryl methyl sites for hydroxylation is 2. The molecule has 1 saturated heterocycles. The van der Waals surface area contributed by atoms with Gasteiger partial charge in [0, 0.05) is 12.1 Å². The Hall–Kier alpha value is -1.85. The molecule has 10 heteroatoms. The van der Waals surface area contributed by atoms with Crippen molar-refractivity contribution in [3.8, 4) is 10.6 Å². The van der Waals surface area contributed by atoms with Gasteiger partial charge >= 0.3 is 0 Å². The van der Waals surface area contributed by atoms with Crippen molar-refractivity contribution in [1.29, 1.82) is 0 Å². The molecule has 4 atom stereocenters. The number of aliphatic hydroxyl groups is 1. The van der Waals surface area contributed by atoms with Crippen molar-refractivity contribution in [2.75, 3.05) is 11.6 Å². The third kappa shape index (κ3) is 4.41. The van der Waals surface area contributed by atoms with Gasteiger partial charge in [-0.1, -0.05) is 25.6 Å². The van der Waals surface area contributed by atoms with Gasteiger partial charge in [-0.05, 0) is 59.3 Å². The molecule has 8 nitrogen and oxygen atoms in total. The van der Waals surface area contributed by atoms with Gasteiger partial charge in [0.2, 0.25) is 0 Å². The number of hydrogen-bond acceptors (Lipinski definition) is 10. The van der Waals surface area contributed by atoms with Crippen molar-refractivity contribution in [3.63, 3.8) is 0 Å². The van der Waals surface area contributed by atoms with Crippen LogP contribution in [0.1, 0.15) is 58.3 Å². The monoisotopic (exact) mass is 529 g/mol. The van der Waals surface area contributed by atoms with Gasteiger partial charge in [-0.25, -0.2) is 15.0 Å². The predicted octanol–water partition coefficient (Wildman–Crippen LogP) is 5.36. The number of thioether (sulfide) groups is 1. The Labute approximate surface area is 220 Å².